The zero-order valence-corrected chi connectivity index (χ0v) is 74.9. The molecular formula is C81H108Cl3O15Si2Ti2-. The Morgan fingerprint density at radius 1 is 0.291 bits per heavy atom. The summed E-state index contributed by atoms with van der Waals surface area (Å²) in [6.45, 7) is 42.8. The number of allylic oxidation sites excluding steroid dienone is 4. The molecule has 7 aromatic rings. The van der Waals surface area contributed by atoms with Crippen molar-refractivity contribution < 1.29 is 152 Å². The van der Waals surface area contributed by atoms with Crippen LogP contribution in [-0.2, 0) is 43.4 Å². The Morgan fingerprint density at radius 2 is 0.505 bits per heavy atom. The molecule has 1 aliphatic rings. The molecule has 0 N–H and O–H groups in total. The second-order valence-corrected chi connectivity index (χ2v) is 33.5. The molecular weight excluding hydrogens is 1470 g/mol. The van der Waals surface area contributed by atoms with E-state index in [1.807, 2.05) is 20.8 Å². The Kier molecular flexibility index (Phi) is 32.9. The summed E-state index contributed by atoms with van der Waals surface area (Å²) in [5, 5.41) is 6.83. The number of benzene rings is 6. The summed E-state index contributed by atoms with van der Waals surface area (Å²) in [6.07, 6.45) is 4.09. The summed E-state index contributed by atoms with van der Waals surface area (Å²) in [4.78, 5) is 0. The predicted octanol–water partition coefficient (Wildman–Crippen LogP) is 3.87. The van der Waals surface area contributed by atoms with Crippen molar-refractivity contribution in [3.63, 3.8) is 0 Å². The van der Waals surface area contributed by atoms with E-state index >= 15 is 0 Å². The van der Waals surface area contributed by atoms with E-state index in [2.05, 4.69) is 142 Å². The van der Waals surface area contributed by atoms with Crippen LogP contribution in [-0.4, -0.2) is 123 Å². The van der Waals surface area contributed by atoms with Crippen LogP contribution < -0.4 is 145 Å². The van der Waals surface area contributed by atoms with Crippen LogP contribution in [0.1, 0.15) is 117 Å². The monoisotopic (exact) mass is 1580 g/mol. The molecule has 103 heavy (non-hydrogen) atoms. The average molecular weight is 1580 g/mol. The maximum Gasteiger partial charge on any atom is 4.00 e. The number of halogens is 3. The van der Waals surface area contributed by atoms with Gasteiger partial charge in [0.1, 0.15) is 59.8 Å². The van der Waals surface area contributed by atoms with Gasteiger partial charge in [0.25, 0.3) is 0 Å². The van der Waals surface area contributed by atoms with Gasteiger partial charge in [-0.25, -0.2) is 5.57 Å². The Balaban J connectivity index is 0.000000672. The molecule has 7 aromatic carbocycles. The van der Waals surface area contributed by atoms with E-state index in [9.17, 15) is 0 Å². The van der Waals surface area contributed by atoms with Crippen molar-refractivity contribution in [3.05, 3.63) is 130 Å². The van der Waals surface area contributed by atoms with Gasteiger partial charge in [-0.3, -0.25) is 6.08 Å². The van der Waals surface area contributed by atoms with Crippen molar-refractivity contribution in [3.8, 4) is 86.2 Å². The molecule has 0 fully saturated rings. The third kappa shape index (κ3) is 14.0. The molecule has 0 amide bonds. The summed E-state index contributed by atoms with van der Waals surface area (Å²) in [7, 11) is 18.1. The number of methoxy groups -OCH3 is 15. The van der Waals surface area contributed by atoms with Gasteiger partial charge in [-0.2, -0.15) is 33.4 Å². The molecule has 1 atom stereocenters. The van der Waals surface area contributed by atoms with Crippen molar-refractivity contribution >= 4 is 52.5 Å². The molecule has 1 unspecified atom stereocenters. The molecule has 1 aliphatic carbocycles. The topological polar surface area (TPSA) is 138 Å². The number of aryl methyl sites for hydroxylation is 3. The van der Waals surface area contributed by atoms with Crippen molar-refractivity contribution in [2.75, 3.05) is 107 Å². The van der Waals surface area contributed by atoms with E-state index in [-0.39, 0.29) is 80.7 Å². The van der Waals surface area contributed by atoms with E-state index in [1.165, 1.54) is 38.6 Å². The average Bonchev–Trinajstić information content (AvgIpc) is 1.67. The molecule has 15 nitrogen and oxygen atoms in total. The summed E-state index contributed by atoms with van der Waals surface area (Å²) in [6, 6.07) is 6.43. The standard InChI is InChI=1S/C42H57O9Si.C39H51O6Si.3ClH.2Ti/c1-20-21(2)23(4)39(22(20)3)52(40-27(8)33(46-14)30(43-11)24(5)36(40)49-17,41-28(9)34(47-15)31(44-12)25(6)37(41)50-18)42-29(10)35(48-16)32(45-13)26(7)38(42)51-19;1-21-17-30(40-11)26(6)33(43-14)36(21)46(39(10)20-24(4)25(5)29(39)9,37-22(2)18-31(41-12)27(7)34(37)44-15)38-23(3)19-32(42-13)28(8)35(38)45-16;;;;;/h1-19H3;17-19H,1-16H3;3*1H;;/q2*-1;;;;;+4/p-3. The Labute approximate surface area is 665 Å². The molecule has 22 heteroatoms. The first kappa shape index (κ1) is 93.0. The first-order valence-electron chi connectivity index (χ1n) is 32.9. The third-order valence-corrected chi connectivity index (χ3v) is 33.4. The minimum Gasteiger partial charge on any atom is -1.00 e. The molecule has 0 spiro atoms. The zero-order chi connectivity index (χ0) is 73.6. The Hall–Kier alpha value is -6.12. The van der Waals surface area contributed by atoms with Crippen LogP contribution in [0.25, 0.3) is 0 Å². The maximum absolute atomic E-state index is 6.58. The largest absolute Gasteiger partial charge is 4.00 e. The fourth-order valence-electron chi connectivity index (χ4n) is 17.0. The van der Waals surface area contributed by atoms with Gasteiger partial charge in [0.15, 0.2) is 42.6 Å². The molecule has 0 saturated carbocycles. The van der Waals surface area contributed by atoms with Gasteiger partial charge in [-0.1, -0.05) is 53.5 Å². The third-order valence-electron chi connectivity index (χ3n) is 21.8. The predicted molar refractivity (Wildman–Crippen MR) is 403 cm³/mol. The Bertz CT molecular complexity index is 4000. The number of hydrogen-bond acceptors (Lipinski definition) is 15. The number of rotatable bonds is 23. The summed E-state index contributed by atoms with van der Waals surface area (Å²) in [5.74, 6) is 10.4. The van der Waals surface area contributed by atoms with E-state index in [0.29, 0.717) is 51.7 Å². The smallest absolute Gasteiger partial charge is 1.00 e. The minimum atomic E-state index is -3.86. The maximum atomic E-state index is 6.58. The number of hydrogen-bond donors (Lipinski definition) is 0. The quantitative estimate of drug-likeness (QED) is 0.0521. The summed E-state index contributed by atoms with van der Waals surface area (Å²) in [5.41, 5.74) is 19.4. The SMILES string of the molecule is COc1c(C)c(OC)c([Si](c2c(C)c(OC)c(OC)c(C)c2OC)(c2c(C)c(OC)c(OC)c(C)c2OC)[c-]2c(C)c(C)c(C)c2C)c(C)c1OC.COc1cc(C)c([Si](c2c(C)cc(OC)c(C)c2OC)(c2c(C)cc(OC)c(C)c2OC)C2(C)[C-]=C(C)C(C)=C2C)c(OC)c1C.[Cl-].[Cl-].[Cl-].[Ti+4].[Ti]. The molecule has 0 saturated heterocycles. The van der Waals surface area contributed by atoms with Gasteiger partial charge in [-0.05, 0) is 166 Å². The Morgan fingerprint density at radius 3 is 0.699 bits per heavy atom. The van der Waals surface area contributed by atoms with Crippen LogP contribution in [0.3, 0.4) is 0 Å². The van der Waals surface area contributed by atoms with Crippen molar-refractivity contribution in [1.29, 1.82) is 0 Å². The van der Waals surface area contributed by atoms with Crippen molar-refractivity contribution in [2.45, 2.75) is 144 Å². The van der Waals surface area contributed by atoms with Crippen LogP contribution in [0, 0.1) is 117 Å². The van der Waals surface area contributed by atoms with Gasteiger partial charge in [-0.15, -0.1) is 12.1 Å². The summed E-state index contributed by atoms with van der Waals surface area (Å²) >= 11 is 0. The van der Waals surface area contributed by atoms with Gasteiger partial charge >= 0.3 is 21.7 Å². The van der Waals surface area contributed by atoms with E-state index in [1.54, 1.807) is 107 Å². The minimum absolute atomic E-state index is 0. The van der Waals surface area contributed by atoms with Crippen LogP contribution in [0.5, 0.6) is 86.2 Å². The number of ether oxygens (including phenoxy) is 15. The van der Waals surface area contributed by atoms with Gasteiger partial charge in [0.2, 0.25) is 0 Å². The van der Waals surface area contributed by atoms with Crippen LogP contribution in [0.2, 0.25) is 5.04 Å². The first-order chi connectivity index (χ1) is 46.3. The zero-order valence-electron chi connectivity index (χ0n) is 67.5. The van der Waals surface area contributed by atoms with Gasteiger partial charge < -0.3 is 108 Å². The molecule has 0 radical (unpaired) electrons. The van der Waals surface area contributed by atoms with Gasteiger partial charge in [0.05, 0.1) is 107 Å². The fourth-order valence-corrected chi connectivity index (χ4v) is 31.1. The van der Waals surface area contributed by atoms with Gasteiger partial charge in [0, 0.05) is 55.1 Å². The van der Waals surface area contributed by atoms with E-state index < -0.39 is 21.2 Å². The second-order valence-electron chi connectivity index (χ2n) is 26.0. The molecule has 8 rings (SSSR count). The van der Waals surface area contributed by atoms with Crippen molar-refractivity contribution in [2.24, 2.45) is 0 Å². The van der Waals surface area contributed by atoms with Crippen LogP contribution >= 0.6 is 0 Å². The van der Waals surface area contributed by atoms with Crippen LogP contribution in [0.15, 0.2) is 34.9 Å². The van der Waals surface area contributed by atoms with E-state index in [4.69, 9.17) is 71.1 Å². The molecule has 0 aliphatic heterocycles. The first-order valence-corrected chi connectivity index (χ1v) is 36.9. The molecule has 0 heterocycles. The molecule has 560 valence electrons. The van der Waals surface area contributed by atoms with E-state index in [0.717, 1.165) is 138 Å². The normalized spacial score (nSPS) is 13.1. The second kappa shape index (κ2) is 36.5. The molecule has 0 bridgehead atoms. The van der Waals surface area contributed by atoms with Crippen LogP contribution in [0.4, 0.5) is 0 Å². The summed E-state index contributed by atoms with van der Waals surface area (Å²) < 4.78 is 93.9. The molecule has 0 aromatic heterocycles. The van der Waals surface area contributed by atoms with Crippen molar-refractivity contribution in [1.82, 2.24) is 0 Å². The fraction of sp³-hybridized carbons (Fsp3) is 0.444.